The predicted molar refractivity (Wildman–Crippen MR) is 85.2 cm³/mol. The van der Waals surface area contributed by atoms with E-state index in [1.54, 1.807) is 0 Å². The molecule has 1 atom stereocenters. The van der Waals surface area contributed by atoms with E-state index in [2.05, 4.69) is 35.8 Å². The zero-order valence-electron chi connectivity index (χ0n) is 12.2. The third-order valence-electron chi connectivity index (χ3n) is 4.05. The maximum atomic E-state index is 12.5. The maximum Gasteiger partial charge on any atom is 0.241 e. The molecule has 0 bridgehead atoms. The van der Waals surface area contributed by atoms with E-state index < -0.39 is 0 Å². The van der Waals surface area contributed by atoms with Crippen LogP contribution in [-0.4, -0.2) is 11.9 Å². The van der Waals surface area contributed by atoms with Crippen molar-refractivity contribution in [2.45, 2.75) is 32.4 Å². The van der Waals surface area contributed by atoms with Gasteiger partial charge >= 0.3 is 0 Å². The van der Waals surface area contributed by atoms with E-state index in [9.17, 15) is 4.79 Å². The van der Waals surface area contributed by atoms with Gasteiger partial charge in [0.2, 0.25) is 5.91 Å². The topological polar surface area (TPSA) is 41.1 Å². The lowest BCUT2D eigenvalue weighted by atomic mass is 9.95. The smallest absolute Gasteiger partial charge is 0.241 e. The van der Waals surface area contributed by atoms with Crippen molar-refractivity contribution in [3.05, 3.63) is 65.2 Å². The summed E-state index contributed by atoms with van der Waals surface area (Å²) in [6.45, 7) is 2.85. The molecule has 3 rings (SSSR count). The van der Waals surface area contributed by atoms with Crippen molar-refractivity contribution in [1.82, 2.24) is 5.32 Å². The minimum Gasteiger partial charge on any atom is -0.324 e. The molecule has 0 fully saturated rings. The van der Waals surface area contributed by atoms with Crippen LogP contribution in [0.25, 0.3) is 0 Å². The molecule has 21 heavy (non-hydrogen) atoms. The second kappa shape index (κ2) is 6.10. The van der Waals surface area contributed by atoms with E-state index in [-0.39, 0.29) is 11.9 Å². The highest BCUT2D eigenvalue weighted by Gasteiger charge is 2.24. The molecular formula is C18H20N2O. The number of nitrogens with one attached hydrogen (secondary N) is 2. The highest BCUT2D eigenvalue weighted by atomic mass is 16.2. The summed E-state index contributed by atoms with van der Waals surface area (Å²) in [5, 5.41) is 6.38. The van der Waals surface area contributed by atoms with Gasteiger partial charge in [-0.2, -0.15) is 0 Å². The lowest BCUT2D eigenvalue weighted by Crippen LogP contribution is -2.44. The summed E-state index contributed by atoms with van der Waals surface area (Å²) in [6.07, 6.45) is 1.66. The zero-order valence-corrected chi connectivity index (χ0v) is 12.2. The standard InChI is InChI=1S/C18H20N2O/c1-2-13-7-5-6-10-16(13)20-18(21)17-11-14-8-3-4-9-15(14)12-19-17/h3-10,17,19H,2,11-12H2,1H3,(H,20,21)/t17-/m1/s1. The van der Waals surface area contributed by atoms with E-state index >= 15 is 0 Å². The van der Waals surface area contributed by atoms with Crippen LogP contribution in [0.3, 0.4) is 0 Å². The molecule has 1 amide bonds. The van der Waals surface area contributed by atoms with Crippen LogP contribution in [0.4, 0.5) is 5.69 Å². The monoisotopic (exact) mass is 280 g/mol. The summed E-state index contributed by atoms with van der Waals surface area (Å²) < 4.78 is 0. The molecule has 2 N–H and O–H groups in total. The Morgan fingerprint density at radius 1 is 1.14 bits per heavy atom. The van der Waals surface area contributed by atoms with Crippen molar-refractivity contribution in [3.63, 3.8) is 0 Å². The van der Waals surface area contributed by atoms with Crippen molar-refractivity contribution in [1.29, 1.82) is 0 Å². The summed E-state index contributed by atoms with van der Waals surface area (Å²) in [4.78, 5) is 12.5. The number of anilines is 1. The van der Waals surface area contributed by atoms with Crippen LogP contribution in [0.2, 0.25) is 0 Å². The van der Waals surface area contributed by atoms with Gasteiger partial charge in [0, 0.05) is 12.2 Å². The Hall–Kier alpha value is -2.13. The lowest BCUT2D eigenvalue weighted by Gasteiger charge is -2.25. The van der Waals surface area contributed by atoms with Gasteiger partial charge in [0.1, 0.15) is 0 Å². The van der Waals surface area contributed by atoms with Crippen LogP contribution < -0.4 is 10.6 Å². The molecule has 1 aliphatic rings. The van der Waals surface area contributed by atoms with Crippen LogP contribution in [0.1, 0.15) is 23.6 Å². The van der Waals surface area contributed by atoms with Gasteiger partial charge in [0.25, 0.3) is 0 Å². The Morgan fingerprint density at radius 2 is 1.86 bits per heavy atom. The number of para-hydroxylation sites is 1. The van der Waals surface area contributed by atoms with E-state index in [0.717, 1.165) is 25.1 Å². The molecule has 3 nitrogen and oxygen atoms in total. The molecule has 0 aliphatic carbocycles. The molecule has 1 heterocycles. The first-order valence-electron chi connectivity index (χ1n) is 7.47. The predicted octanol–water partition coefficient (Wildman–Crippen LogP) is 2.90. The van der Waals surface area contributed by atoms with Crippen LogP contribution in [0, 0.1) is 0 Å². The molecule has 0 spiro atoms. The summed E-state index contributed by atoms with van der Waals surface area (Å²) in [5.41, 5.74) is 4.64. The molecule has 3 heteroatoms. The second-order valence-electron chi connectivity index (χ2n) is 5.41. The average Bonchev–Trinajstić information content (AvgIpc) is 2.55. The summed E-state index contributed by atoms with van der Waals surface area (Å²) in [5.74, 6) is 0.0467. The number of fused-ring (bicyclic) bond motifs is 1. The Labute approximate surface area is 125 Å². The first kappa shape index (κ1) is 13.8. The van der Waals surface area contributed by atoms with Crippen molar-refractivity contribution in [2.24, 2.45) is 0 Å². The van der Waals surface area contributed by atoms with Crippen LogP contribution in [-0.2, 0) is 24.2 Å². The van der Waals surface area contributed by atoms with Gasteiger partial charge in [-0.1, -0.05) is 49.4 Å². The fraction of sp³-hybridized carbons (Fsp3) is 0.278. The highest BCUT2D eigenvalue weighted by molar-refractivity contribution is 5.95. The number of benzene rings is 2. The third kappa shape index (κ3) is 2.98. The number of amides is 1. The molecule has 2 aromatic carbocycles. The SMILES string of the molecule is CCc1ccccc1NC(=O)[C@H]1Cc2ccccc2CN1. The molecular weight excluding hydrogens is 260 g/mol. The van der Waals surface area contributed by atoms with Crippen molar-refractivity contribution < 1.29 is 4.79 Å². The first-order chi connectivity index (χ1) is 10.3. The van der Waals surface area contributed by atoms with Gasteiger partial charge in [0.15, 0.2) is 0 Å². The molecule has 0 saturated heterocycles. The quantitative estimate of drug-likeness (QED) is 0.907. The number of carbonyl (C=O) groups excluding carboxylic acids is 1. The second-order valence-corrected chi connectivity index (χ2v) is 5.41. The van der Waals surface area contributed by atoms with Crippen molar-refractivity contribution in [3.8, 4) is 0 Å². The largest absolute Gasteiger partial charge is 0.324 e. The Morgan fingerprint density at radius 3 is 2.67 bits per heavy atom. The maximum absolute atomic E-state index is 12.5. The van der Waals surface area contributed by atoms with Gasteiger partial charge < -0.3 is 10.6 Å². The van der Waals surface area contributed by atoms with E-state index in [0.29, 0.717) is 0 Å². The fourth-order valence-corrected chi connectivity index (χ4v) is 2.81. The van der Waals surface area contributed by atoms with E-state index in [1.165, 1.54) is 16.7 Å². The molecule has 1 aliphatic heterocycles. The van der Waals surface area contributed by atoms with Crippen molar-refractivity contribution >= 4 is 11.6 Å². The van der Waals surface area contributed by atoms with Crippen molar-refractivity contribution in [2.75, 3.05) is 5.32 Å². The lowest BCUT2D eigenvalue weighted by molar-refractivity contribution is -0.118. The molecule has 0 unspecified atom stereocenters. The number of rotatable bonds is 3. The number of hydrogen-bond acceptors (Lipinski definition) is 2. The van der Waals surface area contributed by atoms with Gasteiger partial charge in [-0.3, -0.25) is 4.79 Å². The Bertz CT molecular complexity index is 651. The third-order valence-corrected chi connectivity index (χ3v) is 4.05. The minimum atomic E-state index is -0.162. The van der Waals surface area contributed by atoms with Crippen LogP contribution in [0.5, 0.6) is 0 Å². The average molecular weight is 280 g/mol. The normalized spacial score (nSPS) is 17.1. The number of carbonyl (C=O) groups is 1. The fourth-order valence-electron chi connectivity index (χ4n) is 2.81. The van der Waals surface area contributed by atoms with E-state index in [1.807, 2.05) is 30.3 Å². The van der Waals surface area contributed by atoms with Crippen LogP contribution >= 0.6 is 0 Å². The zero-order chi connectivity index (χ0) is 14.7. The Kier molecular flexibility index (Phi) is 4.02. The molecule has 2 aromatic rings. The van der Waals surface area contributed by atoms with Gasteiger partial charge in [-0.25, -0.2) is 0 Å². The molecule has 108 valence electrons. The highest BCUT2D eigenvalue weighted by Crippen LogP contribution is 2.19. The van der Waals surface area contributed by atoms with Gasteiger partial charge in [0.05, 0.1) is 6.04 Å². The molecule has 0 saturated carbocycles. The molecule has 0 aromatic heterocycles. The summed E-state index contributed by atoms with van der Waals surface area (Å²) in [7, 11) is 0. The number of hydrogen-bond donors (Lipinski definition) is 2. The minimum absolute atomic E-state index is 0.0467. The summed E-state index contributed by atoms with van der Waals surface area (Å²) in [6, 6.07) is 16.1. The molecule has 0 radical (unpaired) electrons. The first-order valence-corrected chi connectivity index (χ1v) is 7.47. The Balaban J connectivity index is 1.72. The number of aryl methyl sites for hydroxylation is 1. The van der Waals surface area contributed by atoms with Gasteiger partial charge in [-0.05, 0) is 35.6 Å². The van der Waals surface area contributed by atoms with Crippen LogP contribution in [0.15, 0.2) is 48.5 Å². The van der Waals surface area contributed by atoms with Gasteiger partial charge in [-0.15, -0.1) is 0 Å². The van der Waals surface area contributed by atoms with E-state index in [4.69, 9.17) is 0 Å². The summed E-state index contributed by atoms with van der Waals surface area (Å²) >= 11 is 0.